The van der Waals surface area contributed by atoms with Crippen molar-refractivity contribution in [2.24, 2.45) is 0 Å². The molecular formula is C77H88. The molecule has 0 heterocycles. The van der Waals surface area contributed by atoms with Gasteiger partial charge < -0.3 is 0 Å². The zero-order valence-electron chi connectivity index (χ0n) is 47.7. The van der Waals surface area contributed by atoms with E-state index in [1.165, 1.54) is 89.0 Å². The van der Waals surface area contributed by atoms with Crippen LogP contribution in [0, 0.1) is 66.7 Å². The average Bonchev–Trinajstić information content (AvgIpc) is 3.74. The van der Waals surface area contributed by atoms with Gasteiger partial charge in [0.1, 0.15) is 0 Å². The summed E-state index contributed by atoms with van der Waals surface area (Å²) in [7, 11) is 0. The van der Waals surface area contributed by atoms with Gasteiger partial charge in [0.05, 0.1) is 0 Å². The molecule has 0 bridgehead atoms. The molecule has 77 heavy (non-hydrogen) atoms. The van der Waals surface area contributed by atoms with Crippen molar-refractivity contribution < 1.29 is 0 Å². The molecule has 0 heteroatoms. The van der Waals surface area contributed by atoms with Gasteiger partial charge in [0.2, 0.25) is 0 Å². The highest BCUT2D eigenvalue weighted by molar-refractivity contribution is 5.84. The third kappa shape index (κ3) is 19.2. The Kier molecular flexibility index (Phi) is 29.7. The van der Waals surface area contributed by atoms with Crippen LogP contribution in [-0.4, -0.2) is 0 Å². The fourth-order valence-corrected chi connectivity index (χ4v) is 9.18. The number of allylic oxidation sites excluding steroid dienone is 11. The van der Waals surface area contributed by atoms with E-state index in [9.17, 15) is 0 Å². The van der Waals surface area contributed by atoms with Gasteiger partial charge in [-0.25, -0.2) is 0 Å². The molecule has 0 amide bonds. The van der Waals surface area contributed by atoms with E-state index in [1.807, 2.05) is 57.2 Å². The van der Waals surface area contributed by atoms with E-state index < -0.39 is 0 Å². The van der Waals surface area contributed by atoms with Gasteiger partial charge >= 0.3 is 0 Å². The summed E-state index contributed by atoms with van der Waals surface area (Å²) in [6, 6.07) is 57.2. The molecule has 0 N–H and O–H groups in total. The van der Waals surface area contributed by atoms with E-state index in [0.717, 1.165) is 18.4 Å². The van der Waals surface area contributed by atoms with Gasteiger partial charge in [0, 0.05) is 11.8 Å². The molecule has 2 unspecified atom stereocenters. The number of terminal acetylenes is 2. The molecule has 1 aliphatic rings. The monoisotopic (exact) mass is 1010 g/mol. The second-order valence-corrected chi connectivity index (χ2v) is 18.9. The molecule has 0 radical (unpaired) electrons. The lowest BCUT2D eigenvalue weighted by Gasteiger charge is -2.32. The first-order valence-electron chi connectivity index (χ1n) is 26.7. The van der Waals surface area contributed by atoms with E-state index in [0.29, 0.717) is 12.3 Å². The predicted molar refractivity (Wildman–Crippen MR) is 346 cm³/mol. The van der Waals surface area contributed by atoms with Gasteiger partial charge in [-0.1, -0.05) is 283 Å². The molecule has 0 saturated carbocycles. The van der Waals surface area contributed by atoms with E-state index in [1.54, 1.807) is 0 Å². The Hall–Kier alpha value is -8.16. The van der Waals surface area contributed by atoms with Crippen LogP contribution in [0.25, 0.3) is 22.8 Å². The van der Waals surface area contributed by atoms with Crippen molar-refractivity contribution >= 4 is 11.6 Å². The second kappa shape index (κ2) is 35.2. The average molecular weight is 1010 g/mol. The first-order chi connectivity index (χ1) is 36.8. The largest absolute Gasteiger partial charge is 0.124 e. The lowest BCUT2D eigenvalue weighted by atomic mass is 9.70. The molecule has 2 atom stereocenters. The van der Waals surface area contributed by atoms with Gasteiger partial charge in [0.25, 0.3) is 0 Å². The van der Waals surface area contributed by atoms with Crippen molar-refractivity contribution in [3.63, 3.8) is 0 Å². The Labute approximate surface area is 469 Å². The molecule has 0 saturated heterocycles. The molecule has 0 spiro atoms. The molecule has 0 aromatic heterocycles. The molecule has 7 aromatic carbocycles. The lowest BCUT2D eigenvalue weighted by Crippen LogP contribution is -2.26. The first kappa shape index (κ1) is 65.0. The van der Waals surface area contributed by atoms with Crippen LogP contribution < -0.4 is 0 Å². The minimum Gasteiger partial charge on any atom is -0.124 e. The molecule has 1 aliphatic carbocycles. The van der Waals surface area contributed by atoms with Crippen LogP contribution in [0.1, 0.15) is 139 Å². The molecule has 0 nitrogen and oxygen atoms in total. The smallest absolute Gasteiger partial charge is 0.0498 e. The number of hydrogen-bond acceptors (Lipinski definition) is 0. The van der Waals surface area contributed by atoms with Crippen LogP contribution in [0.4, 0.5) is 0 Å². The third-order valence-corrected chi connectivity index (χ3v) is 13.4. The Morgan fingerprint density at radius 2 is 1.18 bits per heavy atom. The summed E-state index contributed by atoms with van der Waals surface area (Å²) in [5.41, 5.74) is 22.5. The summed E-state index contributed by atoms with van der Waals surface area (Å²) in [6.45, 7) is 30.8. The minimum absolute atomic E-state index is 0. The summed E-state index contributed by atoms with van der Waals surface area (Å²) in [6.07, 6.45) is 38.5. The third-order valence-electron chi connectivity index (χ3n) is 13.4. The maximum absolute atomic E-state index is 5.15. The summed E-state index contributed by atoms with van der Waals surface area (Å²) in [5, 5.41) is 0. The van der Waals surface area contributed by atoms with Crippen molar-refractivity contribution in [1.29, 1.82) is 0 Å². The standard InChI is InChI=1S/C34H30.C16H18.C12H16.C10H12.C2H6.C2H2.CH4/c1-3-4-5-6-12-23-34(29-13-8-7-9-14-29)32-16-11-10-15-30(32)31-22-21-28(25-33(31)34)24-27-19-17-26(2)18-20-27;1-4-5-6-7-8-9-15(3)16-12-10-14(2)11-13-16;1-5-6-12-10(3)8-7-9(2)11(12)4;1-8(2)10-7-5-4-6-9(10)3;2*1-2;/h3-22,25H,1,23-24H2,2H3;1,6-13,15H,5H2,2-3H3;5-8H,1-4H3;4-7H,1H2,2-3H3;1-2H3;1-2H;1H4/b5-4-,12-6-;7-6-,9-8-;6-5-;;;;. The van der Waals surface area contributed by atoms with Gasteiger partial charge in [-0.2, -0.15) is 0 Å². The van der Waals surface area contributed by atoms with Crippen LogP contribution in [0.5, 0.6) is 0 Å². The van der Waals surface area contributed by atoms with Crippen molar-refractivity contribution in [3.05, 3.63) is 310 Å². The fraction of sp³-hybridized carbons (Fsp3) is 0.221. The maximum Gasteiger partial charge on any atom is 0.0498 e. The van der Waals surface area contributed by atoms with Crippen molar-refractivity contribution in [2.45, 2.75) is 114 Å². The molecule has 0 fully saturated rings. The number of hydrogen-bond donors (Lipinski definition) is 0. The Morgan fingerprint density at radius 3 is 1.79 bits per heavy atom. The number of benzene rings is 7. The maximum atomic E-state index is 5.15. The van der Waals surface area contributed by atoms with Crippen LogP contribution in [0.15, 0.2) is 232 Å². The fourth-order valence-electron chi connectivity index (χ4n) is 9.18. The van der Waals surface area contributed by atoms with Crippen molar-refractivity contribution in [1.82, 2.24) is 0 Å². The Bertz CT molecular complexity index is 3090. The van der Waals surface area contributed by atoms with Gasteiger partial charge in [0.15, 0.2) is 0 Å². The molecule has 396 valence electrons. The second-order valence-electron chi connectivity index (χ2n) is 18.9. The highest BCUT2D eigenvalue weighted by Crippen LogP contribution is 2.54. The summed E-state index contributed by atoms with van der Waals surface area (Å²) in [5.74, 6) is 3.01. The normalized spacial score (nSPS) is 13.1. The SMILES string of the molecule is C.C#C.C#CC/C=C\C=C/C(C)c1ccc(C)cc1.C/C=C\c1c(C)ccc(C)c1C.C=C(C)c1ccccc1C.C=C/C=C\C=C/CC1(c2ccccc2)c2ccccc2-c2ccc(Cc3ccc(C)cc3)cc21.CC. The molecule has 8 rings (SSSR count). The van der Waals surface area contributed by atoms with Crippen LogP contribution in [0.2, 0.25) is 0 Å². The van der Waals surface area contributed by atoms with Crippen molar-refractivity contribution in [3.8, 4) is 36.3 Å². The minimum atomic E-state index is -0.213. The quantitative estimate of drug-likeness (QED) is 0.0798. The highest BCUT2D eigenvalue weighted by atomic mass is 14.5. The molecular weight excluding hydrogens is 925 g/mol. The number of fused-ring (bicyclic) bond motifs is 3. The Morgan fingerprint density at radius 1 is 0.610 bits per heavy atom. The van der Waals surface area contributed by atoms with Crippen molar-refractivity contribution in [2.75, 3.05) is 0 Å². The van der Waals surface area contributed by atoms with Crippen LogP contribution in [0.3, 0.4) is 0 Å². The van der Waals surface area contributed by atoms with Crippen LogP contribution >= 0.6 is 0 Å². The van der Waals surface area contributed by atoms with E-state index in [-0.39, 0.29) is 12.8 Å². The first-order valence-corrected chi connectivity index (χ1v) is 26.7. The van der Waals surface area contributed by atoms with E-state index in [4.69, 9.17) is 6.42 Å². The van der Waals surface area contributed by atoms with E-state index >= 15 is 0 Å². The molecule has 0 aliphatic heterocycles. The molecule has 7 aromatic rings. The Balaban J connectivity index is 0.000000392. The van der Waals surface area contributed by atoms with Gasteiger partial charge in [-0.3, -0.25) is 0 Å². The van der Waals surface area contributed by atoms with Gasteiger partial charge in [-0.15, -0.1) is 25.2 Å². The summed E-state index contributed by atoms with van der Waals surface area (Å²) in [4.78, 5) is 0. The topological polar surface area (TPSA) is 0 Å². The van der Waals surface area contributed by atoms with Crippen LogP contribution in [-0.2, 0) is 11.8 Å². The van der Waals surface area contributed by atoms with Gasteiger partial charge in [-0.05, 0) is 152 Å². The lowest BCUT2D eigenvalue weighted by molar-refractivity contribution is 0.644. The predicted octanol–water partition coefficient (Wildman–Crippen LogP) is 21.4. The van der Waals surface area contributed by atoms with E-state index in [2.05, 4.69) is 275 Å². The zero-order valence-corrected chi connectivity index (χ0v) is 47.7. The number of aryl methyl sites for hydroxylation is 5. The number of rotatable bonds is 13. The summed E-state index contributed by atoms with van der Waals surface area (Å²) < 4.78 is 0. The summed E-state index contributed by atoms with van der Waals surface area (Å²) >= 11 is 0. The zero-order chi connectivity index (χ0) is 55.9. The highest BCUT2D eigenvalue weighted by Gasteiger charge is 2.43.